The van der Waals surface area contributed by atoms with Gasteiger partial charge in [0.2, 0.25) is 0 Å². The molecule has 0 bridgehead atoms. The molecule has 0 saturated carbocycles. The van der Waals surface area contributed by atoms with E-state index in [4.69, 9.17) is 9.47 Å². The zero-order valence-corrected chi connectivity index (χ0v) is 17.0. The minimum Gasteiger partial charge on any atom is -0.495 e. The molecule has 1 aliphatic rings. The number of likely N-dealkylation sites (tertiary alicyclic amines) is 1. The van der Waals surface area contributed by atoms with Crippen molar-refractivity contribution in [2.45, 2.75) is 18.5 Å². The van der Waals surface area contributed by atoms with E-state index in [1.54, 1.807) is 36.1 Å². The van der Waals surface area contributed by atoms with Crippen LogP contribution in [0.2, 0.25) is 0 Å². The van der Waals surface area contributed by atoms with Crippen LogP contribution in [0, 0.1) is 0 Å². The first kappa shape index (κ1) is 19.4. The van der Waals surface area contributed by atoms with Gasteiger partial charge in [0.25, 0.3) is 0 Å². The topological polar surface area (TPSA) is 73.9 Å². The van der Waals surface area contributed by atoms with Crippen molar-refractivity contribution in [2.24, 2.45) is 7.05 Å². The molecule has 0 spiro atoms. The second-order valence-electron chi connectivity index (χ2n) is 7.44. The van der Waals surface area contributed by atoms with Crippen LogP contribution in [0.15, 0.2) is 24.5 Å². The van der Waals surface area contributed by atoms with Crippen LogP contribution in [0.3, 0.4) is 0 Å². The molecule has 0 unspecified atom stereocenters. The molecule has 29 heavy (non-hydrogen) atoms. The molecule has 8 nitrogen and oxygen atoms in total. The third-order valence-electron chi connectivity index (χ3n) is 5.65. The number of ether oxygens (including phenoxy) is 2. The number of nitrogens with zero attached hydrogens (tertiary/aromatic N) is 5. The molecule has 0 aromatic carbocycles. The van der Waals surface area contributed by atoms with E-state index in [1.807, 2.05) is 7.05 Å². The third-order valence-corrected chi connectivity index (χ3v) is 5.65. The van der Waals surface area contributed by atoms with Crippen LogP contribution in [0.25, 0.3) is 16.8 Å². The van der Waals surface area contributed by atoms with Crippen LogP contribution in [-0.4, -0.2) is 64.6 Å². The third kappa shape index (κ3) is 3.25. The standard InChI is InChI=1S/C20H24FN5O3/c1-24-7-5-20(21,6-8-24)14-9-16-13(11-22-26(16)12-18(14)28-3)15-10-17(19(27)29-4)25(2)23-15/h9-12H,5-8H2,1-4H3. The fraction of sp³-hybridized carbons (Fsp3) is 0.450. The monoisotopic (exact) mass is 401 g/mol. The first-order valence-corrected chi connectivity index (χ1v) is 9.42. The molecule has 1 aliphatic heterocycles. The number of halogens is 1. The molecular formula is C20H24FN5O3. The van der Waals surface area contributed by atoms with Gasteiger partial charge in [-0.15, -0.1) is 0 Å². The van der Waals surface area contributed by atoms with Crippen LogP contribution in [0.5, 0.6) is 5.75 Å². The number of hydrogen-bond donors (Lipinski definition) is 0. The van der Waals surface area contributed by atoms with Crippen molar-refractivity contribution >= 4 is 11.5 Å². The molecule has 4 heterocycles. The number of carbonyl (C=O) groups is 1. The minimum absolute atomic E-state index is 0.327. The molecule has 0 atom stereocenters. The molecular weight excluding hydrogens is 377 g/mol. The molecule has 4 rings (SSSR count). The second-order valence-corrected chi connectivity index (χ2v) is 7.44. The summed E-state index contributed by atoms with van der Waals surface area (Å²) in [6.07, 6.45) is 4.14. The number of fused-ring (bicyclic) bond motifs is 1. The van der Waals surface area contributed by atoms with Crippen molar-refractivity contribution < 1.29 is 18.7 Å². The Bertz CT molecular complexity index is 1070. The van der Waals surface area contributed by atoms with Crippen molar-refractivity contribution in [1.29, 1.82) is 0 Å². The molecule has 154 valence electrons. The summed E-state index contributed by atoms with van der Waals surface area (Å²) in [7, 11) is 6.53. The molecule has 1 saturated heterocycles. The minimum atomic E-state index is -1.47. The van der Waals surface area contributed by atoms with Crippen molar-refractivity contribution in [3.8, 4) is 17.0 Å². The number of aryl methyl sites for hydroxylation is 1. The van der Waals surface area contributed by atoms with Gasteiger partial charge in [-0.1, -0.05) is 0 Å². The Morgan fingerprint density at radius 2 is 1.93 bits per heavy atom. The number of esters is 1. The maximum Gasteiger partial charge on any atom is 0.356 e. The van der Waals surface area contributed by atoms with Gasteiger partial charge < -0.3 is 14.4 Å². The number of piperidine rings is 1. The summed E-state index contributed by atoms with van der Waals surface area (Å²) >= 11 is 0. The van der Waals surface area contributed by atoms with Crippen molar-refractivity contribution in [3.63, 3.8) is 0 Å². The van der Waals surface area contributed by atoms with Gasteiger partial charge >= 0.3 is 5.97 Å². The largest absolute Gasteiger partial charge is 0.495 e. The molecule has 0 N–H and O–H groups in total. The highest BCUT2D eigenvalue weighted by Gasteiger charge is 2.38. The fourth-order valence-electron chi connectivity index (χ4n) is 3.85. The molecule has 1 fully saturated rings. The smallest absolute Gasteiger partial charge is 0.356 e. The number of rotatable bonds is 4. The number of methoxy groups -OCH3 is 2. The molecule has 0 radical (unpaired) electrons. The molecule has 9 heteroatoms. The predicted molar refractivity (Wildman–Crippen MR) is 105 cm³/mol. The summed E-state index contributed by atoms with van der Waals surface area (Å²) in [5, 5.41) is 8.78. The van der Waals surface area contributed by atoms with E-state index >= 15 is 4.39 Å². The highest BCUT2D eigenvalue weighted by molar-refractivity contribution is 5.90. The number of aromatic nitrogens is 4. The van der Waals surface area contributed by atoms with E-state index in [-0.39, 0.29) is 0 Å². The fourth-order valence-corrected chi connectivity index (χ4v) is 3.85. The number of alkyl halides is 1. The Hall–Kier alpha value is -2.94. The van der Waals surface area contributed by atoms with Gasteiger partial charge in [-0.2, -0.15) is 10.2 Å². The number of pyridine rings is 1. The summed E-state index contributed by atoms with van der Waals surface area (Å²) < 4.78 is 29.3. The van der Waals surface area contributed by atoms with Crippen molar-refractivity contribution in [3.05, 3.63) is 35.8 Å². The maximum atomic E-state index is 15.9. The van der Waals surface area contributed by atoms with E-state index in [0.29, 0.717) is 59.7 Å². The first-order chi connectivity index (χ1) is 13.9. The number of carbonyl (C=O) groups excluding carboxylic acids is 1. The lowest BCUT2D eigenvalue weighted by molar-refractivity contribution is 0.0588. The van der Waals surface area contributed by atoms with Crippen LogP contribution in [0.1, 0.15) is 28.9 Å². The van der Waals surface area contributed by atoms with Gasteiger partial charge in [0.05, 0.1) is 37.8 Å². The van der Waals surface area contributed by atoms with E-state index in [2.05, 4.69) is 15.1 Å². The van der Waals surface area contributed by atoms with Gasteiger partial charge in [0.15, 0.2) is 0 Å². The van der Waals surface area contributed by atoms with Crippen LogP contribution in [-0.2, 0) is 17.5 Å². The van der Waals surface area contributed by atoms with Crippen molar-refractivity contribution in [1.82, 2.24) is 24.3 Å². The zero-order valence-electron chi connectivity index (χ0n) is 17.0. The Morgan fingerprint density at radius 3 is 2.59 bits per heavy atom. The van der Waals surface area contributed by atoms with Crippen LogP contribution in [0.4, 0.5) is 4.39 Å². The maximum absolute atomic E-state index is 15.9. The summed E-state index contributed by atoms with van der Waals surface area (Å²) in [5.41, 5.74) is 1.35. The normalized spacial score (nSPS) is 16.9. The van der Waals surface area contributed by atoms with E-state index in [0.717, 1.165) is 0 Å². The Balaban J connectivity index is 1.83. The summed E-state index contributed by atoms with van der Waals surface area (Å²) in [5.74, 6) is -0.00501. The van der Waals surface area contributed by atoms with Gasteiger partial charge in [0.1, 0.15) is 17.1 Å². The van der Waals surface area contributed by atoms with Gasteiger partial charge in [-0.3, -0.25) is 4.68 Å². The lowest BCUT2D eigenvalue weighted by Gasteiger charge is -2.35. The Kier molecular flexibility index (Phi) is 4.77. The summed E-state index contributed by atoms with van der Waals surface area (Å²) in [4.78, 5) is 14.0. The van der Waals surface area contributed by atoms with E-state index in [9.17, 15) is 4.79 Å². The zero-order chi connectivity index (χ0) is 20.8. The lowest BCUT2D eigenvalue weighted by atomic mass is 9.86. The Labute approximate surface area is 167 Å². The van der Waals surface area contributed by atoms with Gasteiger partial charge in [-0.05, 0) is 32.0 Å². The van der Waals surface area contributed by atoms with E-state index < -0.39 is 11.6 Å². The van der Waals surface area contributed by atoms with Crippen LogP contribution < -0.4 is 4.74 Å². The summed E-state index contributed by atoms with van der Waals surface area (Å²) in [6, 6.07) is 3.44. The average Bonchev–Trinajstić information content (AvgIpc) is 3.31. The summed E-state index contributed by atoms with van der Waals surface area (Å²) in [6.45, 7) is 1.36. The molecule has 0 amide bonds. The van der Waals surface area contributed by atoms with Crippen LogP contribution >= 0.6 is 0 Å². The lowest BCUT2D eigenvalue weighted by Crippen LogP contribution is -2.38. The second kappa shape index (κ2) is 7.14. The highest BCUT2D eigenvalue weighted by Crippen LogP contribution is 2.42. The predicted octanol–water partition coefficient (Wildman–Crippen LogP) is 2.42. The molecule has 3 aromatic rings. The van der Waals surface area contributed by atoms with Gasteiger partial charge in [-0.25, -0.2) is 13.7 Å². The molecule has 0 aliphatic carbocycles. The first-order valence-electron chi connectivity index (χ1n) is 9.42. The van der Waals surface area contributed by atoms with Gasteiger partial charge in [0, 0.05) is 31.3 Å². The SMILES string of the molecule is COC(=O)c1cc(-c2cnn3cc(OC)c(C4(F)CCN(C)CC4)cc23)nn1C. The van der Waals surface area contributed by atoms with E-state index in [1.165, 1.54) is 18.9 Å². The molecule has 3 aromatic heterocycles. The van der Waals surface area contributed by atoms with Crippen molar-refractivity contribution in [2.75, 3.05) is 34.4 Å². The average molecular weight is 401 g/mol. The quantitative estimate of drug-likeness (QED) is 0.625. The Morgan fingerprint density at radius 1 is 1.21 bits per heavy atom. The number of hydrogen-bond acceptors (Lipinski definition) is 6. The highest BCUT2D eigenvalue weighted by atomic mass is 19.1.